The van der Waals surface area contributed by atoms with Gasteiger partial charge in [-0.3, -0.25) is 0 Å². The Morgan fingerprint density at radius 3 is 2.46 bits per heavy atom. The van der Waals surface area contributed by atoms with E-state index in [0.29, 0.717) is 11.5 Å². The number of aryl methyl sites for hydroxylation is 2. The van der Waals surface area contributed by atoms with E-state index in [2.05, 4.69) is 37.4 Å². The quantitative estimate of drug-likeness (QED) is 0.501. The van der Waals surface area contributed by atoms with Crippen LogP contribution in [0.2, 0.25) is 0 Å². The van der Waals surface area contributed by atoms with Crippen LogP contribution in [-0.4, -0.2) is 9.97 Å². The van der Waals surface area contributed by atoms with E-state index in [0.717, 1.165) is 28.0 Å². The van der Waals surface area contributed by atoms with Crippen molar-refractivity contribution in [3.05, 3.63) is 77.9 Å². The number of hydrogen-bond donors (Lipinski definition) is 2. The molecule has 0 radical (unpaired) electrons. The van der Waals surface area contributed by atoms with Gasteiger partial charge < -0.3 is 11.1 Å². The monoisotopic (exact) mass is 340 g/mol. The van der Waals surface area contributed by atoms with E-state index in [4.69, 9.17) is 15.7 Å². The van der Waals surface area contributed by atoms with Crippen molar-refractivity contribution in [1.82, 2.24) is 9.97 Å². The smallest absolute Gasteiger partial charge is 0.164 e. The molecule has 0 saturated carbocycles. The number of para-hydroxylation sites is 2. The molecule has 4 nitrogen and oxygen atoms in total. The van der Waals surface area contributed by atoms with Gasteiger partial charge in [-0.05, 0) is 55.3 Å². The second-order valence-electron chi connectivity index (χ2n) is 6.44. The van der Waals surface area contributed by atoms with Crippen molar-refractivity contribution in [2.24, 2.45) is 0 Å². The maximum Gasteiger partial charge on any atom is 0.164 e. The average molecular weight is 340 g/mol. The molecule has 0 unspecified atom stereocenters. The summed E-state index contributed by atoms with van der Waals surface area (Å²) in [5, 5.41) is 4.47. The second-order valence-corrected chi connectivity index (χ2v) is 6.44. The molecule has 3 N–H and O–H groups in total. The minimum absolute atomic E-state index is 0.620. The topological polar surface area (TPSA) is 63.8 Å². The van der Waals surface area contributed by atoms with Crippen molar-refractivity contribution in [3.63, 3.8) is 0 Å². The molecule has 0 fully saturated rings. The van der Waals surface area contributed by atoms with E-state index in [9.17, 15) is 0 Å². The Kier molecular flexibility index (Phi) is 4.01. The number of nitrogens with one attached hydrogen (secondary N) is 1. The van der Waals surface area contributed by atoms with Gasteiger partial charge >= 0.3 is 0 Å². The lowest BCUT2D eigenvalue weighted by atomic mass is 10.1. The molecule has 0 aliphatic carbocycles. The first-order valence-electron chi connectivity index (χ1n) is 8.58. The highest BCUT2D eigenvalue weighted by atomic mass is 15.0. The van der Waals surface area contributed by atoms with Gasteiger partial charge in [0.15, 0.2) is 5.82 Å². The highest BCUT2D eigenvalue weighted by Gasteiger charge is 2.12. The number of anilines is 3. The maximum atomic E-state index is 6.14. The minimum atomic E-state index is 0.620. The number of nitrogen functional groups attached to an aromatic ring is 1. The van der Waals surface area contributed by atoms with Gasteiger partial charge in [-0.2, -0.15) is 0 Å². The Bertz CT molecular complexity index is 1100. The largest absolute Gasteiger partial charge is 0.398 e. The van der Waals surface area contributed by atoms with Gasteiger partial charge in [-0.1, -0.05) is 36.4 Å². The third-order valence-electron chi connectivity index (χ3n) is 4.45. The lowest BCUT2D eigenvalue weighted by Crippen LogP contribution is -2.02. The number of rotatable bonds is 3. The molecular weight excluding hydrogens is 320 g/mol. The highest BCUT2D eigenvalue weighted by Crippen LogP contribution is 2.30. The summed E-state index contributed by atoms with van der Waals surface area (Å²) in [6.07, 6.45) is 0. The number of nitrogens with two attached hydrogens (primary N) is 1. The molecule has 1 aromatic heterocycles. The van der Waals surface area contributed by atoms with Gasteiger partial charge in [0.05, 0.1) is 5.52 Å². The van der Waals surface area contributed by atoms with Crippen LogP contribution >= 0.6 is 0 Å². The number of nitrogens with zero attached hydrogens (tertiary/aromatic N) is 2. The molecule has 4 rings (SSSR count). The molecule has 3 aromatic carbocycles. The van der Waals surface area contributed by atoms with E-state index in [-0.39, 0.29) is 0 Å². The first-order chi connectivity index (χ1) is 12.6. The number of benzene rings is 3. The Balaban J connectivity index is 1.90. The van der Waals surface area contributed by atoms with Gasteiger partial charge in [0, 0.05) is 22.3 Å². The summed E-state index contributed by atoms with van der Waals surface area (Å²) < 4.78 is 0. The van der Waals surface area contributed by atoms with E-state index >= 15 is 0 Å². The lowest BCUT2D eigenvalue weighted by molar-refractivity contribution is 1.22. The first kappa shape index (κ1) is 16.1. The Morgan fingerprint density at radius 1 is 0.846 bits per heavy atom. The fraction of sp³-hybridized carbons (Fsp3) is 0.0909. The number of hydrogen-bond acceptors (Lipinski definition) is 4. The van der Waals surface area contributed by atoms with Crippen LogP contribution in [0.15, 0.2) is 66.7 Å². The lowest BCUT2D eigenvalue weighted by Gasteiger charge is -2.14. The minimum Gasteiger partial charge on any atom is -0.398 e. The van der Waals surface area contributed by atoms with Gasteiger partial charge in [0.1, 0.15) is 5.82 Å². The molecule has 0 saturated heterocycles. The number of aromatic nitrogens is 2. The second kappa shape index (κ2) is 6.48. The summed E-state index contributed by atoms with van der Waals surface area (Å²) in [6, 6.07) is 22.0. The molecule has 0 amide bonds. The fourth-order valence-electron chi connectivity index (χ4n) is 2.99. The van der Waals surface area contributed by atoms with Crippen molar-refractivity contribution in [2.75, 3.05) is 11.1 Å². The molecule has 4 heteroatoms. The van der Waals surface area contributed by atoms with Crippen molar-refractivity contribution < 1.29 is 0 Å². The fourth-order valence-corrected chi connectivity index (χ4v) is 2.99. The Hall–Kier alpha value is -3.40. The zero-order valence-corrected chi connectivity index (χ0v) is 14.8. The summed E-state index contributed by atoms with van der Waals surface area (Å²) in [7, 11) is 0. The zero-order valence-electron chi connectivity index (χ0n) is 14.8. The third-order valence-corrected chi connectivity index (χ3v) is 4.45. The number of fused-ring (bicyclic) bond motifs is 1. The zero-order chi connectivity index (χ0) is 18.1. The van der Waals surface area contributed by atoms with Gasteiger partial charge in [0.2, 0.25) is 0 Å². The van der Waals surface area contributed by atoms with Crippen molar-refractivity contribution in [3.8, 4) is 11.4 Å². The molecule has 0 aliphatic rings. The van der Waals surface area contributed by atoms with Crippen LogP contribution in [0.4, 0.5) is 17.2 Å². The summed E-state index contributed by atoms with van der Waals surface area (Å²) in [4.78, 5) is 9.51. The summed E-state index contributed by atoms with van der Waals surface area (Å²) in [5.41, 5.74) is 11.9. The Labute approximate surface area is 152 Å². The SMILES string of the molecule is Cc1ccc(C)c(Nc2nc(-c3ccccc3N)nc3ccccc23)c1. The van der Waals surface area contributed by atoms with Crippen molar-refractivity contribution >= 4 is 28.1 Å². The molecule has 1 heterocycles. The van der Waals surface area contributed by atoms with Gasteiger partial charge in [-0.25, -0.2) is 9.97 Å². The normalized spacial score (nSPS) is 10.8. The molecular formula is C22H20N4. The van der Waals surface area contributed by atoms with Crippen LogP contribution in [-0.2, 0) is 0 Å². The molecule has 0 atom stereocenters. The van der Waals surface area contributed by atoms with Crippen molar-refractivity contribution in [2.45, 2.75) is 13.8 Å². The maximum absolute atomic E-state index is 6.14. The van der Waals surface area contributed by atoms with Crippen molar-refractivity contribution in [1.29, 1.82) is 0 Å². The molecule has 0 spiro atoms. The van der Waals surface area contributed by atoms with E-state index < -0.39 is 0 Å². The standard InChI is InChI=1S/C22H20N4/c1-14-11-12-15(2)20(13-14)25-22-17-8-4-6-10-19(17)24-21(26-22)16-7-3-5-9-18(16)23/h3-13H,23H2,1-2H3,(H,24,25,26). The van der Waals surface area contributed by atoms with Crippen LogP contribution in [0.25, 0.3) is 22.3 Å². The molecule has 4 aromatic rings. The van der Waals surface area contributed by atoms with Crippen LogP contribution in [0.3, 0.4) is 0 Å². The van der Waals surface area contributed by atoms with Crippen LogP contribution in [0.1, 0.15) is 11.1 Å². The molecule has 0 aliphatic heterocycles. The molecule has 128 valence electrons. The molecule has 26 heavy (non-hydrogen) atoms. The van der Waals surface area contributed by atoms with E-state index in [1.807, 2.05) is 48.5 Å². The first-order valence-corrected chi connectivity index (χ1v) is 8.58. The van der Waals surface area contributed by atoms with E-state index in [1.54, 1.807) is 0 Å². The summed E-state index contributed by atoms with van der Waals surface area (Å²) in [5.74, 6) is 1.40. The van der Waals surface area contributed by atoms with Crippen LogP contribution < -0.4 is 11.1 Å². The predicted molar refractivity (Wildman–Crippen MR) is 109 cm³/mol. The third kappa shape index (κ3) is 2.97. The van der Waals surface area contributed by atoms with E-state index in [1.165, 1.54) is 11.1 Å². The van der Waals surface area contributed by atoms with Gasteiger partial charge in [0.25, 0.3) is 0 Å². The predicted octanol–water partition coefficient (Wildman–Crippen LogP) is 5.24. The summed E-state index contributed by atoms with van der Waals surface area (Å²) in [6.45, 7) is 4.17. The Morgan fingerprint density at radius 2 is 1.62 bits per heavy atom. The van der Waals surface area contributed by atoms with Crippen LogP contribution in [0.5, 0.6) is 0 Å². The highest BCUT2D eigenvalue weighted by molar-refractivity contribution is 5.93. The average Bonchev–Trinajstić information content (AvgIpc) is 2.65. The molecule has 0 bridgehead atoms. The van der Waals surface area contributed by atoms with Gasteiger partial charge in [-0.15, -0.1) is 0 Å². The van der Waals surface area contributed by atoms with Crippen LogP contribution in [0, 0.1) is 13.8 Å². The summed E-state index contributed by atoms with van der Waals surface area (Å²) >= 11 is 0.